The maximum Gasteiger partial charge on any atom is 0.410 e. The number of nitro benzene ring substituents is 1. The normalized spacial score (nSPS) is 19.6. The highest BCUT2D eigenvalue weighted by molar-refractivity contribution is 7.86. The first-order chi connectivity index (χ1) is 12.6. The number of hydrogen-bond donors (Lipinski definition) is 0. The first-order valence-electron chi connectivity index (χ1n) is 7.73. The second-order valence-corrected chi connectivity index (χ2v) is 7.43. The van der Waals surface area contributed by atoms with Gasteiger partial charge in [-0.2, -0.15) is 8.42 Å². The molecule has 0 aromatic heterocycles. The first kappa shape index (κ1) is 20.6. The number of rotatable bonds is 6. The van der Waals surface area contributed by atoms with E-state index in [2.05, 4.69) is 4.74 Å². The molecular formula is C15H18N2O9S. The third kappa shape index (κ3) is 5.62. The van der Waals surface area contributed by atoms with Gasteiger partial charge in [0.15, 0.2) is 0 Å². The molecule has 0 N–H and O–H groups in total. The van der Waals surface area contributed by atoms with Crippen molar-refractivity contribution in [2.24, 2.45) is 0 Å². The molecule has 1 aromatic rings. The molecule has 1 heterocycles. The number of methoxy groups -OCH3 is 1. The number of nitro groups is 1. The molecule has 0 spiro atoms. The maximum atomic E-state index is 12.3. The van der Waals surface area contributed by atoms with Crippen LogP contribution in [-0.2, 0) is 35.2 Å². The molecule has 11 nitrogen and oxygen atoms in total. The molecule has 0 unspecified atom stereocenters. The third-order valence-corrected chi connectivity index (χ3v) is 4.41. The zero-order chi connectivity index (χ0) is 20.2. The lowest BCUT2D eigenvalue weighted by Crippen LogP contribution is -2.41. The molecular weight excluding hydrogens is 384 g/mol. The van der Waals surface area contributed by atoms with Gasteiger partial charge in [-0.3, -0.25) is 19.2 Å². The van der Waals surface area contributed by atoms with E-state index < -0.39 is 39.2 Å². The van der Waals surface area contributed by atoms with Gasteiger partial charge in [0.05, 0.1) is 30.9 Å². The Bertz CT molecular complexity index is 822. The Hall–Kier alpha value is -2.73. The summed E-state index contributed by atoms with van der Waals surface area (Å²) < 4.78 is 37.2. The summed E-state index contributed by atoms with van der Waals surface area (Å²) in [5.41, 5.74) is 0.405. The molecule has 0 saturated carbocycles. The Morgan fingerprint density at radius 2 is 1.93 bits per heavy atom. The Balaban J connectivity index is 2.03. The van der Waals surface area contributed by atoms with Crippen LogP contribution >= 0.6 is 0 Å². The van der Waals surface area contributed by atoms with Crippen molar-refractivity contribution in [1.82, 2.24) is 4.90 Å². The van der Waals surface area contributed by atoms with Crippen LogP contribution in [0.5, 0.6) is 0 Å². The SMILES string of the molecule is COC(=O)[C@@H]1C[C@@H](OS(C)(=O)=O)CN1C(=O)OCc1ccc([N+](=O)[O-])cc1. The average Bonchev–Trinajstić information content (AvgIpc) is 3.01. The summed E-state index contributed by atoms with van der Waals surface area (Å²) >= 11 is 0. The zero-order valence-corrected chi connectivity index (χ0v) is 15.4. The van der Waals surface area contributed by atoms with Gasteiger partial charge in [-0.15, -0.1) is 0 Å². The molecule has 0 bridgehead atoms. The summed E-state index contributed by atoms with van der Waals surface area (Å²) in [5, 5.41) is 10.6. The number of hydrogen-bond acceptors (Lipinski definition) is 9. The van der Waals surface area contributed by atoms with Crippen LogP contribution in [0.25, 0.3) is 0 Å². The molecule has 27 heavy (non-hydrogen) atoms. The van der Waals surface area contributed by atoms with E-state index in [1.807, 2.05) is 0 Å². The summed E-state index contributed by atoms with van der Waals surface area (Å²) in [6, 6.07) is 4.37. The van der Waals surface area contributed by atoms with Crippen LogP contribution in [0.1, 0.15) is 12.0 Å². The van der Waals surface area contributed by atoms with Gasteiger partial charge < -0.3 is 9.47 Å². The van der Waals surface area contributed by atoms with E-state index >= 15 is 0 Å². The third-order valence-electron chi connectivity index (χ3n) is 3.79. The zero-order valence-electron chi connectivity index (χ0n) is 14.6. The van der Waals surface area contributed by atoms with Gasteiger partial charge in [0.1, 0.15) is 12.6 Å². The average molecular weight is 402 g/mol. The van der Waals surface area contributed by atoms with Gasteiger partial charge in [-0.05, 0) is 17.7 Å². The topological polar surface area (TPSA) is 142 Å². The van der Waals surface area contributed by atoms with Gasteiger partial charge in [-0.1, -0.05) is 0 Å². The molecule has 0 aliphatic carbocycles. The fourth-order valence-corrected chi connectivity index (χ4v) is 3.25. The van der Waals surface area contributed by atoms with Crippen molar-refractivity contribution in [3.8, 4) is 0 Å². The van der Waals surface area contributed by atoms with E-state index in [1.165, 1.54) is 24.3 Å². The van der Waals surface area contributed by atoms with E-state index in [0.717, 1.165) is 18.3 Å². The van der Waals surface area contributed by atoms with Crippen molar-refractivity contribution < 1.29 is 36.6 Å². The number of non-ortho nitro benzene ring substituents is 1. The number of esters is 1. The fraction of sp³-hybridized carbons (Fsp3) is 0.467. The van der Waals surface area contributed by atoms with Crippen LogP contribution in [0.2, 0.25) is 0 Å². The van der Waals surface area contributed by atoms with E-state index in [0.29, 0.717) is 5.56 Å². The standard InChI is InChI=1S/C15H18N2O9S/c1-24-14(18)13-7-12(26-27(2,22)23)8-16(13)15(19)25-9-10-3-5-11(6-4-10)17(20)21/h3-6,12-13H,7-9H2,1-2H3/t12-,13+/m1/s1. The van der Waals surface area contributed by atoms with Crippen molar-refractivity contribution >= 4 is 27.9 Å². The smallest absolute Gasteiger partial charge is 0.410 e. The Morgan fingerprint density at radius 1 is 1.30 bits per heavy atom. The molecule has 1 aliphatic rings. The molecule has 1 saturated heterocycles. The van der Waals surface area contributed by atoms with E-state index in [1.54, 1.807) is 0 Å². The monoisotopic (exact) mass is 402 g/mol. The van der Waals surface area contributed by atoms with E-state index in [9.17, 15) is 28.1 Å². The highest BCUT2D eigenvalue weighted by atomic mass is 32.2. The summed E-state index contributed by atoms with van der Waals surface area (Å²) in [4.78, 5) is 35.3. The summed E-state index contributed by atoms with van der Waals surface area (Å²) in [5.74, 6) is -0.720. The number of amides is 1. The number of ether oxygens (including phenoxy) is 2. The van der Waals surface area contributed by atoms with Crippen LogP contribution in [0, 0.1) is 10.1 Å². The summed E-state index contributed by atoms with van der Waals surface area (Å²) in [6.45, 7) is -0.343. The van der Waals surface area contributed by atoms with Crippen LogP contribution in [-0.4, -0.2) is 62.4 Å². The fourth-order valence-electron chi connectivity index (χ4n) is 2.62. The second-order valence-electron chi connectivity index (χ2n) is 5.83. The van der Waals surface area contributed by atoms with Gasteiger partial charge in [0, 0.05) is 18.6 Å². The molecule has 1 fully saturated rings. The summed E-state index contributed by atoms with van der Waals surface area (Å²) in [6.07, 6.45) is -0.929. The molecule has 1 amide bonds. The molecule has 2 atom stereocenters. The second kappa shape index (κ2) is 8.31. The molecule has 1 aliphatic heterocycles. The molecule has 0 radical (unpaired) electrons. The summed E-state index contributed by atoms with van der Waals surface area (Å²) in [7, 11) is -2.62. The Labute approximate surface area is 155 Å². The molecule has 2 rings (SSSR count). The van der Waals surface area contributed by atoms with Crippen molar-refractivity contribution in [3.05, 3.63) is 39.9 Å². The molecule has 148 valence electrons. The van der Waals surface area contributed by atoms with E-state index in [4.69, 9.17) is 8.92 Å². The van der Waals surface area contributed by atoms with Crippen molar-refractivity contribution in [2.45, 2.75) is 25.2 Å². The molecule has 12 heteroatoms. The maximum absolute atomic E-state index is 12.3. The minimum Gasteiger partial charge on any atom is -0.467 e. The van der Waals surface area contributed by atoms with Crippen molar-refractivity contribution in [3.63, 3.8) is 0 Å². The Morgan fingerprint density at radius 3 is 2.44 bits per heavy atom. The number of benzene rings is 1. The predicted octanol–water partition coefficient (Wildman–Crippen LogP) is 0.823. The van der Waals surface area contributed by atoms with Crippen LogP contribution in [0.3, 0.4) is 0 Å². The van der Waals surface area contributed by atoms with Crippen LogP contribution in [0.15, 0.2) is 24.3 Å². The van der Waals surface area contributed by atoms with Crippen LogP contribution < -0.4 is 0 Å². The lowest BCUT2D eigenvalue weighted by molar-refractivity contribution is -0.384. The van der Waals surface area contributed by atoms with Gasteiger partial charge in [-0.25, -0.2) is 9.59 Å². The van der Waals surface area contributed by atoms with Gasteiger partial charge in [0.25, 0.3) is 15.8 Å². The highest BCUT2D eigenvalue weighted by Gasteiger charge is 2.43. The lowest BCUT2D eigenvalue weighted by Gasteiger charge is -2.21. The number of nitrogens with zero attached hydrogens (tertiary/aromatic N) is 2. The number of carbonyl (C=O) groups excluding carboxylic acids is 2. The van der Waals surface area contributed by atoms with Crippen molar-refractivity contribution in [2.75, 3.05) is 19.9 Å². The van der Waals surface area contributed by atoms with Gasteiger partial charge >= 0.3 is 12.1 Å². The van der Waals surface area contributed by atoms with Crippen LogP contribution in [0.4, 0.5) is 10.5 Å². The minimum absolute atomic E-state index is 0.0492. The highest BCUT2D eigenvalue weighted by Crippen LogP contribution is 2.24. The minimum atomic E-state index is -3.76. The van der Waals surface area contributed by atoms with Crippen molar-refractivity contribution in [1.29, 1.82) is 0 Å². The molecule has 1 aromatic carbocycles. The predicted molar refractivity (Wildman–Crippen MR) is 90.1 cm³/mol. The van der Waals surface area contributed by atoms with E-state index in [-0.39, 0.29) is 25.3 Å². The van der Waals surface area contributed by atoms with Gasteiger partial charge in [0.2, 0.25) is 0 Å². The Kier molecular flexibility index (Phi) is 6.33. The first-order valence-corrected chi connectivity index (χ1v) is 9.55. The number of carbonyl (C=O) groups is 2. The lowest BCUT2D eigenvalue weighted by atomic mass is 10.2. The number of likely N-dealkylation sites (tertiary alicyclic amines) is 1. The quantitative estimate of drug-likeness (QED) is 0.292. The largest absolute Gasteiger partial charge is 0.467 e.